The summed E-state index contributed by atoms with van der Waals surface area (Å²) in [6.45, 7) is 3.97. The molecule has 1 aromatic carbocycles. The van der Waals surface area contributed by atoms with Crippen molar-refractivity contribution in [3.63, 3.8) is 0 Å². The quantitative estimate of drug-likeness (QED) is 0.823. The summed E-state index contributed by atoms with van der Waals surface area (Å²) in [7, 11) is 0. The van der Waals surface area contributed by atoms with Crippen LogP contribution in [-0.2, 0) is 11.3 Å². The number of carbonyl (C=O) groups excluding carboxylic acids is 1. The zero-order valence-corrected chi connectivity index (χ0v) is 9.31. The zero-order valence-electron chi connectivity index (χ0n) is 9.31. The van der Waals surface area contributed by atoms with Gasteiger partial charge < -0.3 is 14.5 Å². The van der Waals surface area contributed by atoms with E-state index in [1.54, 1.807) is 0 Å². The lowest BCUT2D eigenvalue weighted by atomic mass is 10.2. The van der Waals surface area contributed by atoms with Crippen molar-refractivity contribution < 1.29 is 13.9 Å². The van der Waals surface area contributed by atoms with Crippen LogP contribution in [0.25, 0.3) is 11.0 Å². The molecule has 0 spiro atoms. The number of rotatable bonds is 4. The van der Waals surface area contributed by atoms with Crippen molar-refractivity contribution in [2.45, 2.75) is 6.54 Å². The minimum atomic E-state index is -0.481. The fourth-order valence-electron chi connectivity index (χ4n) is 1.47. The van der Waals surface area contributed by atoms with E-state index >= 15 is 0 Å². The number of furan rings is 1. The maximum Gasteiger partial charge on any atom is 0.407 e. The Balaban J connectivity index is 1.94. The summed E-state index contributed by atoms with van der Waals surface area (Å²) >= 11 is 0. The third-order valence-electron chi connectivity index (χ3n) is 2.22. The lowest BCUT2D eigenvalue weighted by molar-refractivity contribution is 0.157. The van der Waals surface area contributed by atoms with Crippen molar-refractivity contribution in [2.75, 3.05) is 6.61 Å². The Labute approximate surface area is 98.9 Å². The van der Waals surface area contributed by atoms with Crippen LogP contribution in [0.15, 0.2) is 47.4 Å². The number of benzene rings is 1. The number of ether oxygens (including phenoxy) is 1. The highest BCUT2D eigenvalue weighted by atomic mass is 16.5. The van der Waals surface area contributed by atoms with Crippen molar-refractivity contribution in [3.8, 4) is 0 Å². The molecule has 0 saturated heterocycles. The summed E-state index contributed by atoms with van der Waals surface area (Å²) in [5, 5.41) is 3.61. The van der Waals surface area contributed by atoms with Gasteiger partial charge in [-0.05, 0) is 12.1 Å². The summed E-state index contributed by atoms with van der Waals surface area (Å²) in [5.74, 6) is 0.696. The Morgan fingerprint density at radius 3 is 3.06 bits per heavy atom. The number of amides is 1. The molecule has 1 amide bonds. The second-order valence-corrected chi connectivity index (χ2v) is 3.49. The van der Waals surface area contributed by atoms with Gasteiger partial charge in [-0.1, -0.05) is 30.9 Å². The van der Waals surface area contributed by atoms with Crippen LogP contribution in [0.4, 0.5) is 4.79 Å². The molecule has 0 saturated carbocycles. The second kappa shape index (κ2) is 5.21. The number of hydrogen-bond donors (Lipinski definition) is 1. The fourth-order valence-corrected chi connectivity index (χ4v) is 1.47. The molecule has 17 heavy (non-hydrogen) atoms. The Morgan fingerprint density at radius 1 is 1.47 bits per heavy atom. The molecule has 88 valence electrons. The van der Waals surface area contributed by atoms with Gasteiger partial charge in [-0.3, -0.25) is 0 Å². The number of fused-ring (bicyclic) bond motifs is 1. The number of hydrogen-bond acceptors (Lipinski definition) is 3. The molecule has 0 aliphatic heterocycles. The van der Waals surface area contributed by atoms with Crippen molar-refractivity contribution in [1.82, 2.24) is 5.32 Å². The Hall–Kier alpha value is -2.23. The van der Waals surface area contributed by atoms with E-state index in [2.05, 4.69) is 11.9 Å². The summed E-state index contributed by atoms with van der Waals surface area (Å²) in [6.07, 6.45) is 1.03. The zero-order chi connectivity index (χ0) is 12.1. The molecule has 2 rings (SSSR count). The number of carbonyl (C=O) groups is 1. The lowest BCUT2D eigenvalue weighted by Crippen LogP contribution is -2.23. The molecule has 4 nitrogen and oxygen atoms in total. The van der Waals surface area contributed by atoms with Crippen LogP contribution in [0.5, 0.6) is 0 Å². The van der Waals surface area contributed by atoms with Gasteiger partial charge in [0.2, 0.25) is 0 Å². The van der Waals surface area contributed by atoms with Gasteiger partial charge in [0, 0.05) is 5.39 Å². The van der Waals surface area contributed by atoms with E-state index in [1.807, 2.05) is 30.3 Å². The predicted octanol–water partition coefficient (Wildman–Crippen LogP) is 2.85. The highest BCUT2D eigenvalue weighted by molar-refractivity contribution is 5.77. The predicted molar refractivity (Wildman–Crippen MR) is 64.6 cm³/mol. The maximum absolute atomic E-state index is 11.2. The minimum Gasteiger partial charge on any atom is -0.459 e. The molecule has 0 aliphatic carbocycles. The molecule has 0 radical (unpaired) electrons. The monoisotopic (exact) mass is 231 g/mol. The molecule has 0 bridgehead atoms. The standard InChI is InChI=1S/C13H13NO3/c1-2-7-16-13(15)14-9-11-8-10-5-3-4-6-12(10)17-11/h2-6,8H,1,7,9H2,(H,14,15). The van der Waals surface area contributed by atoms with E-state index in [0.29, 0.717) is 12.3 Å². The fraction of sp³-hybridized carbons (Fsp3) is 0.154. The first kappa shape index (κ1) is 11.3. The van der Waals surface area contributed by atoms with Crippen LogP contribution >= 0.6 is 0 Å². The van der Waals surface area contributed by atoms with Crippen LogP contribution in [0.1, 0.15) is 5.76 Å². The van der Waals surface area contributed by atoms with Gasteiger partial charge in [-0.25, -0.2) is 4.79 Å². The SMILES string of the molecule is C=CCOC(=O)NCc1cc2ccccc2o1. The Bertz CT molecular complexity index is 497. The molecule has 2 aromatic rings. The summed E-state index contributed by atoms with van der Waals surface area (Å²) in [6, 6.07) is 9.57. The molecular formula is C13H13NO3. The van der Waals surface area contributed by atoms with Gasteiger partial charge in [0.05, 0.1) is 6.54 Å². The van der Waals surface area contributed by atoms with Gasteiger partial charge in [0.25, 0.3) is 0 Å². The largest absolute Gasteiger partial charge is 0.459 e. The first-order valence-corrected chi connectivity index (χ1v) is 5.28. The van der Waals surface area contributed by atoms with E-state index < -0.39 is 6.09 Å². The van der Waals surface area contributed by atoms with Crippen LogP contribution < -0.4 is 5.32 Å². The normalized spacial score (nSPS) is 10.1. The third kappa shape index (κ3) is 2.87. The van der Waals surface area contributed by atoms with E-state index in [0.717, 1.165) is 11.0 Å². The number of para-hydroxylation sites is 1. The van der Waals surface area contributed by atoms with Gasteiger partial charge >= 0.3 is 6.09 Å². The topological polar surface area (TPSA) is 51.5 Å². The molecular weight excluding hydrogens is 218 g/mol. The number of alkyl carbamates (subject to hydrolysis) is 1. The van der Waals surface area contributed by atoms with Crippen molar-refractivity contribution in [3.05, 3.63) is 48.7 Å². The highest BCUT2D eigenvalue weighted by Gasteiger charge is 2.05. The van der Waals surface area contributed by atoms with Crippen LogP contribution in [0.3, 0.4) is 0 Å². The van der Waals surface area contributed by atoms with Crippen molar-refractivity contribution in [1.29, 1.82) is 0 Å². The maximum atomic E-state index is 11.2. The first-order chi connectivity index (χ1) is 8.29. The van der Waals surface area contributed by atoms with Gasteiger partial charge in [-0.2, -0.15) is 0 Å². The first-order valence-electron chi connectivity index (χ1n) is 5.28. The Morgan fingerprint density at radius 2 is 2.29 bits per heavy atom. The molecule has 1 heterocycles. The number of nitrogens with one attached hydrogen (secondary N) is 1. The Kier molecular flexibility index (Phi) is 3.45. The summed E-state index contributed by atoms with van der Waals surface area (Å²) < 4.78 is 10.3. The molecule has 0 unspecified atom stereocenters. The van der Waals surface area contributed by atoms with Gasteiger partial charge in [0.15, 0.2) is 0 Å². The van der Waals surface area contributed by atoms with E-state index in [4.69, 9.17) is 9.15 Å². The van der Waals surface area contributed by atoms with Gasteiger partial charge in [0.1, 0.15) is 18.0 Å². The van der Waals surface area contributed by atoms with Crippen LogP contribution in [0.2, 0.25) is 0 Å². The van der Waals surface area contributed by atoms with Crippen molar-refractivity contribution >= 4 is 17.1 Å². The smallest absolute Gasteiger partial charge is 0.407 e. The highest BCUT2D eigenvalue weighted by Crippen LogP contribution is 2.18. The molecule has 0 fully saturated rings. The van der Waals surface area contributed by atoms with Crippen molar-refractivity contribution in [2.24, 2.45) is 0 Å². The van der Waals surface area contributed by atoms with E-state index in [9.17, 15) is 4.79 Å². The minimum absolute atomic E-state index is 0.200. The van der Waals surface area contributed by atoms with Gasteiger partial charge in [-0.15, -0.1) is 0 Å². The van der Waals surface area contributed by atoms with E-state index in [1.165, 1.54) is 6.08 Å². The van der Waals surface area contributed by atoms with Crippen LogP contribution in [0, 0.1) is 0 Å². The lowest BCUT2D eigenvalue weighted by Gasteiger charge is -2.02. The molecule has 0 aliphatic rings. The average molecular weight is 231 g/mol. The van der Waals surface area contributed by atoms with E-state index in [-0.39, 0.29) is 6.61 Å². The molecule has 1 aromatic heterocycles. The second-order valence-electron chi connectivity index (χ2n) is 3.49. The molecule has 4 heteroatoms. The van der Waals surface area contributed by atoms with Crippen LogP contribution in [-0.4, -0.2) is 12.7 Å². The molecule has 0 atom stereocenters. The third-order valence-corrected chi connectivity index (χ3v) is 2.22. The summed E-state index contributed by atoms with van der Waals surface area (Å²) in [5.41, 5.74) is 0.809. The average Bonchev–Trinajstić information content (AvgIpc) is 2.76. The summed E-state index contributed by atoms with van der Waals surface area (Å²) in [4.78, 5) is 11.2. The molecule has 1 N–H and O–H groups in total.